The number of hydrogen-bond acceptors (Lipinski definition) is 3. The molecule has 0 saturated carbocycles. The van der Waals surface area contributed by atoms with Crippen molar-refractivity contribution < 1.29 is 13.2 Å². The van der Waals surface area contributed by atoms with Gasteiger partial charge in [-0.3, -0.25) is 9.10 Å². The molecule has 5 nitrogen and oxygen atoms in total. The molecular weight excluding hydrogens is 443 g/mol. The van der Waals surface area contributed by atoms with Crippen molar-refractivity contribution >= 4 is 44.8 Å². The van der Waals surface area contributed by atoms with Crippen molar-refractivity contribution in [3.63, 3.8) is 0 Å². The first-order chi connectivity index (χ1) is 14.3. The highest BCUT2D eigenvalue weighted by Crippen LogP contribution is 2.32. The number of benzene rings is 3. The third-order valence-corrected chi connectivity index (χ3v) is 7.14. The van der Waals surface area contributed by atoms with E-state index in [4.69, 9.17) is 23.2 Å². The van der Waals surface area contributed by atoms with Crippen LogP contribution in [-0.4, -0.2) is 20.9 Å². The number of sulfonamides is 1. The maximum absolute atomic E-state index is 13.3. The Morgan fingerprint density at radius 2 is 1.53 bits per heavy atom. The number of carbonyl (C=O) groups excluding carboxylic acids is 1. The fourth-order valence-electron chi connectivity index (χ4n) is 2.98. The van der Waals surface area contributed by atoms with Crippen molar-refractivity contribution in [2.75, 3.05) is 10.8 Å². The molecule has 0 fully saturated rings. The number of rotatable bonds is 7. The van der Waals surface area contributed by atoms with Crippen molar-refractivity contribution in [2.24, 2.45) is 0 Å². The Morgan fingerprint density at radius 3 is 2.13 bits per heavy atom. The van der Waals surface area contributed by atoms with Gasteiger partial charge in [-0.15, -0.1) is 0 Å². The lowest BCUT2D eigenvalue weighted by Crippen LogP contribution is -2.31. The van der Waals surface area contributed by atoms with Crippen LogP contribution in [0.5, 0.6) is 0 Å². The molecule has 8 heteroatoms. The smallest absolute Gasteiger partial charge is 0.265 e. The minimum absolute atomic E-state index is 0.0414. The van der Waals surface area contributed by atoms with Crippen LogP contribution in [0.15, 0.2) is 77.7 Å². The summed E-state index contributed by atoms with van der Waals surface area (Å²) >= 11 is 12.4. The Labute approximate surface area is 186 Å². The molecule has 1 N–H and O–H groups in total. The number of anilines is 1. The normalized spacial score (nSPS) is 11.2. The first-order valence-corrected chi connectivity index (χ1v) is 11.4. The fourth-order valence-corrected chi connectivity index (χ4v) is 5.29. The zero-order chi connectivity index (χ0) is 21.7. The van der Waals surface area contributed by atoms with Crippen LogP contribution in [0, 0.1) is 0 Å². The van der Waals surface area contributed by atoms with E-state index >= 15 is 0 Å². The topological polar surface area (TPSA) is 66.5 Å². The van der Waals surface area contributed by atoms with E-state index in [-0.39, 0.29) is 33.6 Å². The summed E-state index contributed by atoms with van der Waals surface area (Å²) in [5, 5.41) is 2.78. The number of nitrogens with one attached hydrogen (secondary N) is 1. The van der Waals surface area contributed by atoms with Crippen LogP contribution in [0.2, 0.25) is 10.0 Å². The van der Waals surface area contributed by atoms with Crippen molar-refractivity contribution in [2.45, 2.75) is 18.4 Å². The number of halogens is 2. The highest BCUT2D eigenvalue weighted by molar-refractivity contribution is 7.93. The maximum Gasteiger partial charge on any atom is 0.265 e. The van der Waals surface area contributed by atoms with Crippen molar-refractivity contribution in [3.05, 3.63) is 94.0 Å². The molecule has 156 valence electrons. The van der Waals surface area contributed by atoms with Crippen LogP contribution in [-0.2, 0) is 16.6 Å². The second kappa shape index (κ2) is 9.51. The lowest BCUT2D eigenvalue weighted by atomic mass is 10.2. The summed E-state index contributed by atoms with van der Waals surface area (Å²) in [4.78, 5) is 12.5. The zero-order valence-electron chi connectivity index (χ0n) is 16.2. The van der Waals surface area contributed by atoms with E-state index < -0.39 is 15.9 Å². The second-order valence-electron chi connectivity index (χ2n) is 6.44. The molecular formula is C22H20Cl2N2O3S. The third-order valence-electron chi connectivity index (χ3n) is 4.46. The molecule has 3 rings (SSSR count). The van der Waals surface area contributed by atoms with Gasteiger partial charge in [-0.1, -0.05) is 71.7 Å². The Morgan fingerprint density at radius 1 is 0.933 bits per heavy atom. The Hall–Kier alpha value is -2.54. The van der Waals surface area contributed by atoms with Crippen LogP contribution >= 0.6 is 23.2 Å². The molecule has 30 heavy (non-hydrogen) atoms. The number of carbonyl (C=O) groups is 1. The minimum Gasteiger partial charge on any atom is -0.348 e. The minimum atomic E-state index is -4.01. The van der Waals surface area contributed by atoms with Crippen LogP contribution in [0.3, 0.4) is 0 Å². The van der Waals surface area contributed by atoms with Crippen molar-refractivity contribution in [3.8, 4) is 0 Å². The zero-order valence-corrected chi connectivity index (χ0v) is 18.5. The summed E-state index contributed by atoms with van der Waals surface area (Å²) < 4.78 is 27.9. The summed E-state index contributed by atoms with van der Waals surface area (Å²) in [5.41, 5.74) is 1.45. The SMILES string of the molecule is CCN(c1ccccc1)S(=O)(=O)c1cc(C(=O)NCc2ccccc2)c(Cl)cc1Cl. The third kappa shape index (κ3) is 4.78. The molecule has 3 aromatic rings. The molecule has 0 atom stereocenters. The lowest BCUT2D eigenvalue weighted by molar-refractivity contribution is 0.0951. The van der Waals surface area contributed by atoms with Crippen LogP contribution in [0.25, 0.3) is 0 Å². The van der Waals surface area contributed by atoms with Gasteiger partial charge in [0.05, 0.1) is 21.3 Å². The summed E-state index contributed by atoms with van der Waals surface area (Å²) in [6.45, 7) is 2.20. The van der Waals surface area contributed by atoms with E-state index in [0.29, 0.717) is 5.69 Å². The monoisotopic (exact) mass is 462 g/mol. The van der Waals surface area contributed by atoms with Crippen LogP contribution < -0.4 is 9.62 Å². The molecule has 0 unspecified atom stereocenters. The van der Waals surface area contributed by atoms with E-state index in [1.807, 2.05) is 30.3 Å². The number of nitrogens with zero attached hydrogens (tertiary/aromatic N) is 1. The number of para-hydroxylation sites is 1. The van der Waals surface area contributed by atoms with Crippen LogP contribution in [0.1, 0.15) is 22.8 Å². The molecule has 1 amide bonds. The maximum atomic E-state index is 13.3. The first kappa shape index (κ1) is 22.2. The standard InChI is InChI=1S/C22H20Cl2N2O3S/c1-2-26(17-11-7-4-8-12-17)30(28,29)21-13-18(19(23)14-20(21)24)22(27)25-15-16-9-5-3-6-10-16/h3-14H,2,15H2,1H3,(H,25,27). The average molecular weight is 463 g/mol. The van der Waals surface area contributed by atoms with Gasteiger partial charge in [-0.25, -0.2) is 8.42 Å². The fraction of sp³-hybridized carbons (Fsp3) is 0.136. The quantitative estimate of drug-likeness (QED) is 0.528. The van der Waals surface area contributed by atoms with E-state index in [1.165, 1.54) is 16.4 Å². The molecule has 3 aromatic carbocycles. The lowest BCUT2D eigenvalue weighted by Gasteiger charge is -2.24. The molecule has 0 spiro atoms. The van der Waals surface area contributed by atoms with E-state index in [9.17, 15) is 13.2 Å². The van der Waals surface area contributed by atoms with Crippen molar-refractivity contribution in [1.29, 1.82) is 0 Å². The van der Waals surface area contributed by atoms with E-state index in [0.717, 1.165) is 5.56 Å². The van der Waals surface area contributed by atoms with Crippen molar-refractivity contribution in [1.82, 2.24) is 5.32 Å². The van der Waals surface area contributed by atoms with Gasteiger partial charge in [0.2, 0.25) is 0 Å². The Balaban J connectivity index is 1.94. The number of amides is 1. The van der Waals surface area contributed by atoms with E-state index in [1.54, 1.807) is 37.3 Å². The summed E-state index contributed by atoms with van der Waals surface area (Å²) in [5.74, 6) is -0.486. The Kier molecular flexibility index (Phi) is 7.02. The van der Waals surface area contributed by atoms with Gasteiger partial charge in [0.15, 0.2) is 0 Å². The Bertz CT molecular complexity index is 1140. The average Bonchev–Trinajstić information content (AvgIpc) is 2.73. The molecule has 0 aliphatic rings. The van der Waals surface area contributed by atoms with Gasteiger partial charge in [0, 0.05) is 13.1 Å². The van der Waals surface area contributed by atoms with Gasteiger partial charge < -0.3 is 5.32 Å². The van der Waals surface area contributed by atoms with Crippen LogP contribution in [0.4, 0.5) is 5.69 Å². The van der Waals surface area contributed by atoms with Gasteiger partial charge >= 0.3 is 0 Å². The molecule has 0 bridgehead atoms. The first-order valence-electron chi connectivity index (χ1n) is 9.23. The summed E-state index contributed by atoms with van der Waals surface area (Å²) in [7, 11) is -4.01. The molecule has 0 aromatic heterocycles. The van der Waals surface area contributed by atoms with Gasteiger partial charge in [0.1, 0.15) is 4.90 Å². The highest BCUT2D eigenvalue weighted by Gasteiger charge is 2.28. The molecule has 0 radical (unpaired) electrons. The molecule has 0 saturated heterocycles. The molecule has 0 aliphatic heterocycles. The predicted molar refractivity (Wildman–Crippen MR) is 121 cm³/mol. The molecule has 0 aliphatic carbocycles. The van der Waals surface area contributed by atoms with Gasteiger partial charge in [-0.2, -0.15) is 0 Å². The van der Waals surface area contributed by atoms with E-state index in [2.05, 4.69) is 5.32 Å². The largest absolute Gasteiger partial charge is 0.348 e. The van der Waals surface area contributed by atoms with Gasteiger partial charge in [0.25, 0.3) is 15.9 Å². The molecule has 0 heterocycles. The highest BCUT2D eigenvalue weighted by atomic mass is 35.5. The summed E-state index contributed by atoms with van der Waals surface area (Å²) in [6.07, 6.45) is 0. The summed E-state index contributed by atoms with van der Waals surface area (Å²) in [6, 6.07) is 20.6. The second-order valence-corrected chi connectivity index (χ2v) is 9.08. The predicted octanol–water partition coefficient (Wildman–Crippen LogP) is 5.14. The number of hydrogen-bond donors (Lipinski definition) is 1. The van der Waals surface area contributed by atoms with Gasteiger partial charge in [-0.05, 0) is 36.8 Å².